The van der Waals surface area contributed by atoms with Crippen LogP contribution in [0.3, 0.4) is 0 Å². The number of piperidine rings is 1. The minimum absolute atomic E-state index is 0.250. The summed E-state index contributed by atoms with van der Waals surface area (Å²) < 4.78 is 5.03. The Bertz CT molecular complexity index is 631. The van der Waals surface area contributed by atoms with Crippen molar-refractivity contribution in [2.24, 2.45) is 11.8 Å². The molecule has 1 aliphatic carbocycles. The number of aryl methyl sites for hydroxylation is 1. The number of nitrogens with zero attached hydrogens (tertiary/aromatic N) is 1. The van der Waals surface area contributed by atoms with E-state index in [1.807, 2.05) is 0 Å². The summed E-state index contributed by atoms with van der Waals surface area (Å²) in [5.41, 5.74) is 1.88. The van der Waals surface area contributed by atoms with Gasteiger partial charge in [0.2, 0.25) is 0 Å². The van der Waals surface area contributed by atoms with Crippen LogP contribution in [0.15, 0.2) is 0 Å². The van der Waals surface area contributed by atoms with Crippen molar-refractivity contribution in [3.05, 3.63) is 16.0 Å². The zero-order chi connectivity index (χ0) is 17.3. The summed E-state index contributed by atoms with van der Waals surface area (Å²) in [4.78, 5) is 15.9. The molecule has 1 aliphatic heterocycles. The number of esters is 1. The number of methoxy groups -OCH3 is 1. The zero-order valence-corrected chi connectivity index (χ0v) is 16.3. The Morgan fingerprint density at radius 2 is 1.92 bits per heavy atom. The number of fused-ring (bicyclic) bond motifs is 1. The molecule has 1 aromatic rings. The van der Waals surface area contributed by atoms with Crippen LogP contribution in [0.5, 0.6) is 0 Å². The maximum absolute atomic E-state index is 12.3. The van der Waals surface area contributed by atoms with Crippen LogP contribution < -0.4 is 5.32 Å². The van der Waals surface area contributed by atoms with Gasteiger partial charge < -0.3 is 15.0 Å². The lowest BCUT2D eigenvalue weighted by Crippen LogP contribution is -2.44. The molecule has 0 saturated carbocycles. The number of rotatable bonds is 2. The molecule has 3 rings (SSSR count). The van der Waals surface area contributed by atoms with Crippen molar-refractivity contribution < 1.29 is 9.53 Å². The normalized spacial score (nSPS) is 23.5. The molecule has 0 radical (unpaired) electrons. The third-order valence-electron chi connectivity index (χ3n) is 4.94. The van der Waals surface area contributed by atoms with Crippen molar-refractivity contribution in [1.29, 1.82) is 0 Å². The van der Waals surface area contributed by atoms with E-state index in [9.17, 15) is 4.79 Å². The van der Waals surface area contributed by atoms with E-state index in [0.29, 0.717) is 17.4 Å². The number of hydrogen-bond acceptors (Lipinski definition) is 4. The van der Waals surface area contributed by atoms with Gasteiger partial charge in [-0.15, -0.1) is 11.3 Å². The van der Waals surface area contributed by atoms with E-state index in [2.05, 4.69) is 24.1 Å². The summed E-state index contributed by atoms with van der Waals surface area (Å²) >= 11 is 7.33. The second kappa shape index (κ2) is 7.40. The highest BCUT2D eigenvalue weighted by Gasteiger charge is 2.28. The zero-order valence-electron chi connectivity index (χ0n) is 14.7. The van der Waals surface area contributed by atoms with E-state index in [1.165, 1.54) is 30.4 Å². The highest BCUT2D eigenvalue weighted by atomic mass is 32.1. The lowest BCUT2D eigenvalue weighted by atomic mass is 9.92. The minimum atomic E-state index is -0.250. The number of thiocarbonyl (C=S) groups is 1. The number of ether oxygens (including phenoxy) is 1. The number of thiophene rings is 1. The first-order valence-corrected chi connectivity index (χ1v) is 10.0. The van der Waals surface area contributed by atoms with Gasteiger partial charge in [0.05, 0.1) is 12.7 Å². The van der Waals surface area contributed by atoms with Crippen LogP contribution in [-0.4, -0.2) is 36.2 Å². The highest BCUT2D eigenvalue weighted by Crippen LogP contribution is 2.38. The molecule has 0 bridgehead atoms. The molecule has 4 nitrogen and oxygen atoms in total. The van der Waals surface area contributed by atoms with Crippen LogP contribution in [0.2, 0.25) is 0 Å². The molecular formula is C18H26N2O2S2. The monoisotopic (exact) mass is 366 g/mol. The minimum Gasteiger partial charge on any atom is -0.465 e. The second-order valence-corrected chi connectivity index (χ2v) is 8.68. The molecule has 2 atom stereocenters. The van der Waals surface area contributed by atoms with Crippen LogP contribution in [-0.2, 0) is 17.6 Å². The van der Waals surface area contributed by atoms with Gasteiger partial charge in [-0.2, -0.15) is 0 Å². The van der Waals surface area contributed by atoms with Crippen molar-refractivity contribution >= 4 is 39.6 Å². The van der Waals surface area contributed by atoms with Crippen LogP contribution in [0.1, 0.15) is 53.9 Å². The first kappa shape index (κ1) is 17.7. The summed E-state index contributed by atoms with van der Waals surface area (Å²) in [5.74, 6) is 1.04. The van der Waals surface area contributed by atoms with Crippen molar-refractivity contribution in [2.75, 3.05) is 25.5 Å². The maximum Gasteiger partial charge on any atom is 0.341 e. The molecule has 0 aromatic carbocycles. The molecule has 0 spiro atoms. The lowest BCUT2D eigenvalue weighted by molar-refractivity contribution is 0.0601. The summed E-state index contributed by atoms with van der Waals surface area (Å²) in [6.07, 6.45) is 5.59. The van der Waals surface area contributed by atoms with Gasteiger partial charge in [0.25, 0.3) is 0 Å². The van der Waals surface area contributed by atoms with Gasteiger partial charge >= 0.3 is 5.97 Å². The third kappa shape index (κ3) is 3.59. The van der Waals surface area contributed by atoms with Gasteiger partial charge in [-0.3, -0.25) is 0 Å². The predicted octanol–water partition coefficient (Wildman–Crippen LogP) is 4.09. The molecule has 132 valence electrons. The second-order valence-electron chi connectivity index (χ2n) is 7.19. The van der Waals surface area contributed by atoms with Crippen LogP contribution in [0.25, 0.3) is 0 Å². The largest absolute Gasteiger partial charge is 0.465 e. The molecule has 1 N–H and O–H groups in total. The first-order valence-electron chi connectivity index (χ1n) is 8.78. The van der Waals surface area contributed by atoms with Crippen molar-refractivity contribution in [2.45, 2.75) is 46.0 Å². The smallest absolute Gasteiger partial charge is 0.341 e. The van der Waals surface area contributed by atoms with E-state index in [0.717, 1.165) is 42.5 Å². The fraction of sp³-hybridized carbons (Fsp3) is 0.667. The van der Waals surface area contributed by atoms with E-state index in [-0.39, 0.29) is 5.97 Å². The molecule has 1 aromatic heterocycles. The van der Waals surface area contributed by atoms with E-state index in [4.69, 9.17) is 17.0 Å². The van der Waals surface area contributed by atoms with Gasteiger partial charge in [0.1, 0.15) is 5.00 Å². The van der Waals surface area contributed by atoms with E-state index in [1.54, 1.807) is 11.3 Å². The summed E-state index contributed by atoms with van der Waals surface area (Å²) in [7, 11) is 1.45. The van der Waals surface area contributed by atoms with Gasteiger partial charge in [-0.1, -0.05) is 13.8 Å². The Kier molecular flexibility index (Phi) is 5.45. The number of anilines is 1. The molecule has 6 heteroatoms. The van der Waals surface area contributed by atoms with Crippen LogP contribution in [0.4, 0.5) is 5.00 Å². The van der Waals surface area contributed by atoms with Gasteiger partial charge in [0.15, 0.2) is 5.11 Å². The lowest BCUT2D eigenvalue weighted by Gasteiger charge is -2.36. The molecule has 0 amide bonds. The number of likely N-dealkylation sites (tertiary alicyclic amines) is 1. The fourth-order valence-corrected chi connectivity index (χ4v) is 5.57. The summed E-state index contributed by atoms with van der Waals surface area (Å²) in [6.45, 7) is 6.51. The van der Waals surface area contributed by atoms with Crippen LogP contribution >= 0.6 is 23.6 Å². The predicted molar refractivity (Wildman–Crippen MR) is 103 cm³/mol. The Morgan fingerprint density at radius 3 is 2.58 bits per heavy atom. The van der Waals surface area contributed by atoms with Crippen molar-refractivity contribution in [3.8, 4) is 0 Å². The SMILES string of the molecule is COC(=O)c1c(NC(=S)N2CC(C)CC(C)C2)sc2c1CCCC2. The highest BCUT2D eigenvalue weighted by molar-refractivity contribution is 7.80. The van der Waals surface area contributed by atoms with Gasteiger partial charge in [0, 0.05) is 18.0 Å². The number of carbonyl (C=O) groups is 1. The quantitative estimate of drug-likeness (QED) is 0.631. The van der Waals surface area contributed by atoms with E-state index >= 15 is 0 Å². The molecule has 24 heavy (non-hydrogen) atoms. The molecule has 2 aliphatic rings. The van der Waals surface area contributed by atoms with Crippen molar-refractivity contribution in [1.82, 2.24) is 4.90 Å². The van der Waals surface area contributed by atoms with Crippen LogP contribution in [0, 0.1) is 11.8 Å². The summed E-state index contributed by atoms with van der Waals surface area (Å²) in [6, 6.07) is 0. The number of carbonyl (C=O) groups excluding carboxylic acids is 1. The third-order valence-corrected chi connectivity index (χ3v) is 6.50. The topological polar surface area (TPSA) is 41.6 Å². The fourth-order valence-electron chi connectivity index (χ4n) is 3.98. The molecule has 1 saturated heterocycles. The average Bonchev–Trinajstić information content (AvgIpc) is 2.91. The Balaban J connectivity index is 1.82. The van der Waals surface area contributed by atoms with Gasteiger partial charge in [-0.05, 0) is 61.7 Å². The Morgan fingerprint density at radius 1 is 1.25 bits per heavy atom. The summed E-state index contributed by atoms with van der Waals surface area (Å²) in [5, 5.41) is 4.97. The van der Waals surface area contributed by atoms with Gasteiger partial charge in [-0.25, -0.2) is 4.79 Å². The number of hydrogen-bond donors (Lipinski definition) is 1. The average molecular weight is 367 g/mol. The molecule has 2 unspecified atom stereocenters. The Labute approximate surface area is 153 Å². The standard InChI is InChI=1S/C18H26N2O2S2/c1-11-8-12(2)10-20(9-11)18(23)19-16-15(17(21)22-3)13-6-4-5-7-14(13)24-16/h11-12H,4-10H2,1-3H3,(H,19,23). The first-order chi connectivity index (χ1) is 11.5. The molecule has 2 heterocycles. The number of nitrogens with one attached hydrogen (secondary N) is 1. The molecular weight excluding hydrogens is 340 g/mol. The maximum atomic E-state index is 12.3. The van der Waals surface area contributed by atoms with Crippen molar-refractivity contribution in [3.63, 3.8) is 0 Å². The Hall–Kier alpha value is -1.14. The molecule has 1 fully saturated rings. The van der Waals surface area contributed by atoms with E-state index < -0.39 is 0 Å².